The van der Waals surface area contributed by atoms with Gasteiger partial charge < -0.3 is 11.1 Å². The molecule has 0 unspecified atom stereocenters. The van der Waals surface area contributed by atoms with Crippen molar-refractivity contribution in [2.45, 2.75) is 43.9 Å². The van der Waals surface area contributed by atoms with Crippen molar-refractivity contribution in [1.29, 1.82) is 0 Å². The summed E-state index contributed by atoms with van der Waals surface area (Å²) in [5.74, 6) is -0.345. The monoisotopic (exact) mass is 439 g/mol. The van der Waals surface area contributed by atoms with Crippen LogP contribution < -0.4 is 16.6 Å². The molecule has 0 spiro atoms. The van der Waals surface area contributed by atoms with Crippen molar-refractivity contribution in [3.05, 3.63) is 64.7 Å². The lowest BCUT2D eigenvalue weighted by atomic mass is 10.2. The average molecular weight is 440 g/mol. The number of aromatic nitrogens is 3. The Hall–Kier alpha value is -3.20. The number of primary amides is 1. The Morgan fingerprint density at radius 1 is 1.06 bits per heavy atom. The predicted molar refractivity (Wildman–Crippen MR) is 120 cm³/mol. The number of amides is 2. The Morgan fingerprint density at radius 2 is 1.87 bits per heavy atom. The van der Waals surface area contributed by atoms with Crippen LogP contribution in [0.3, 0.4) is 0 Å². The van der Waals surface area contributed by atoms with Crippen LogP contribution in [0.1, 0.15) is 31.4 Å². The first-order chi connectivity index (χ1) is 15.0. The van der Waals surface area contributed by atoms with Crippen molar-refractivity contribution in [1.82, 2.24) is 19.9 Å². The molecule has 1 aromatic carbocycles. The molecule has 0 atom stereocenters. The maximum Gasteiger partial charge on any atom is 0.262 e. The number of carbonyl (C=O) groups excluding carboxylic acids is 2. The van der Waals surface area contributed by atoms with Crippen molar-refractivity contribution in [2.75, 3.05) is 5.75 Å². The molecule has 162 valence electrons. The fraction of sp³-hybridized carbons (Fsp3) is 0.318. The Bertz CT molecular complexity index is 1100. The first-order valence-electron chi connectivity index (χ1n) is 10.1. The van der Waals surface area contributed by atoms with Crippen molar-refractivity contribution in [2.24, 2.45) is 5.73 Å². The van der Waals surface area contributed by atoms with Gasteiger partial charge in [0.05, 0.1) is 28.9 Å². The summed E-state index contributed by atoms with van der Waals surface area (Å²) < 4.78 is 1.61. The van der Waals surface area contributed by atoms with Crippen LogP contribution in [0.15, 0.2) is 58.6 Å². The topological polar surface area (TPSA) is 120 Å². The number of fused-ring (bicyclic) bond motifs is 1. The summed E-state index contributed by atoms with van der Waals surface area (Å²) in [6, 6.07) is 12.7. The van der Waals surface area contributed by atoms with Crippen LogP contribution in [0.5, 0.6) is 0 Å². The fourth-order valence-corrected chi connectivity index (χ4v) is 3.93. The Labute approximate surface area is 184 Å². The van der Waals surface area contributed by atoms with Crippen molar-refractivity contribution in [3.63, 3.8) is 0 Å². The van der Waals surface area contributed by atoms with Gasteiger partial charge in [-0.15, -0.1) is 0 Å². The van der Waals surface area contributed by atoms with Gasteiger partial charge in [0.1, 0.15) is 0 Å². The maximum atomic E-state index is 13.0. The number of thioether (sulfide) groups is 1. The maximum absolute atomic E-state index is 13.0. The second kappa shape index (κ2) is 11.3. The highest BCUT2D eigenvalue weighted by Gasteiger charge is 2.13. The molecule has 0 bridgehead atoms. The van der Waals surface area contributed by atoms with Gasteiger partial charge in [-0.2, -0.15) is 0 Å². The van der Waals surface area contributed by atoms with Gasteiger partial charge in [-0.05, 0) is 37.1 Å². The number of nitrogens with one attached hydrogen (secondary N) is 1. The molecule has 0 radical (unpaired) electrons. The minimum atomic E-state index is -0.322. The lowest BCUT2D eigenvalue weighted by Gasteiger charge is -2.13. The molecule has 0 saturated carbocycles. The molecule has 2 heterocycles. The highest BCUT2D eigenvalue weighted by Crippen LogP contribution is 2.18. The normalized spacial score (nSPS) is 10.8. The smallest absolute Gasteiger partial charge is 0.262 e. The molecule has 8 nitrogen and oxygen atoms in total. The molecular formula is C22H25N5O3S. The number of nitrogens with two attached hydrogens (primary N) is 1. The number of hydrogen-bond acceptors (Lipinski definition) is 6. The number of pyridine rings is 1. The molecule has 3 aromatic rings. The molecule has 0 aliphatic carbocycles. The lowest BCUT2D eigenvalue weighted by Crippen LogP contribution is -2.27. The van der Waals surface area contributed by atoms with Crippen LogP contribution in [0.4, 0.5) is 0 Å². The van der Waals surface area contributed by atoms with E-state index in [9.17, 15) is 14.4 Å². The Kier molecular flexibility index (Phi) is 8.17. The molecule has 31 heavy (non-hydrogen) atoms. The fourth-order valence-electron chi connectivity index (χ4n) is 3.07. The van der Waals surface area contributed by atoms with E-state index in [-0.39, 0.29) is 23.1 Å². The summed E-state index contributed by atoms with van der Waals surface area (Å²) in [6.45, 7) is 0.811. The van der Waals surface area contributed by atoms with Crippen molar-refractivity contribution < 1.29 is 9.59 Å². The number of nitrogens with zero attached hydrogens (tertiary/aromatic N) is 3. The molecule has 0 saturated heterocycles. The molecule has 0 aliphatic rings. The van der Waals surface area contributed by atoms with E-state index in [1.54, 1.807) is 29.0 Å². The van der Waals surface area contributed by atoms with Gasteiger partial charge in [-0.1, -0.05) is 36.4 Å². The van der Waals surface area contributed by atoms with Crippen LogP contribution in [-0.4, -0.2) is 32.1 Å². The molecule has 2 amide bonds. The number of hydrogen-bond donors (Lipinski definition) is 2. The molecular weight excluding hydrogens is 414 g/mol. The standard InChI is InChI=1S/C22H25N5O3S/c23-19(28)11-2-1-7-13-27-21(30)17-9-3-4-10-18(17)26-22(27)31-15-20(29)25-14-16-8-5-6-12-24-16/h3-6,8-10,12H,1-2,7,11,13-15H2,(H2,23,28)(H,25,29). The predicted octanol–water partition coefficient (Wildman–Crippen LogP) is 2.25. The summed E-state index contributed by atoms with van der Waals surface area (Å²) in [6.07, 6.45) is 4.19. The van der Waals surface area contributed by atoms with Gasteiger partial charge in [0.25, 0.3) is 5.56 Å². The molecule has 0 aliphatic heterocycles. The first kappa shape index (κ1) is 22.5. The zero-order valence-corrected chi connectivity index (χ0v) is 17.9. The third-order valence-electron chi connectivity index (χ3n) is 4.66. The van der Waals surface area contributed by atoms with Crippen LogP contribution in [-0.2, 0) is 22.7 Å². The van der Waals surface area contributed by atoms with E-state index in [0.717, 1.165) is 12.1 Å². The summed E-state index contributed by atoms with van der Waals surface area (Å²) in [4.78, 5) is 45.0. The summed E-state index contributed by atoms with van der Waals surface area (Å²) in [7, 11) is 0. The van der Waals surface area contributed by atoms with Crippen LogP contribution in [0, 0.1) is 0 Å². The second-order valence-corrected chi connectivity index (χ2v) is 7.97. The van der Waals surface area contributed by atoms with Crippen molar-refractivity contribution in [3.8, 4) is 0 Å². The van der Waals surface area contributed by atoms with Gasteiger partial charge in [-0.25, -0.2) is 4.98 Å². The van der Waals surface area contributed by atoms with E-state index in [2.05, 4.69) is 15.3 Å². The number of rotatable bonds is 11. The highest BCUT2D eigenvalue weighted by molar-refractivity contribution is 7.99. The van der Waals surface area contributed by atoms with Gasteiger partial charge in [0.15, 0.2) is 5.16 Å². The second-order valence-electron chi connectivity index (χ2n) is 7.03. The number of para-hydroxylation sites is 1. The SMILES string of the molecule is NC(=O)CCCCCn1c(SCC(=O)NCc2ccccn2)nc2ccccc2c1=O. The van der Waals surface area contributed by atoms with E-state index in [4.69, 9.17) is 5.73 Å². The summed E-state index contributed by atoms with van der Waals surface area (Å²) >= 11 is 1.23. The van der Waals surface area contributed by atoms with Gasteiger partial charge in [0.2, 0.25) is 11.8 Å². The zero-order valence-electron chi connectivity index (χ0n) is 17.1. The lowest BCUT2D eigenvalue weighted by molar-refractivity contribution is -0.119. The van der Waals surface area contributed by atoms with Crippen LogP contribution >= 0.6 is 11.8 Å². The van der Waals surface area contributed by atoms with E-state index < -0.39 is 0 Å². The van der Waals surface area contributed by atoms with Gasteiger partial charge in [-0.3, -0.25) is 23.9 Å². The number of benzene rings is 1. The number of carbonyl (C=O) groups is 2. The third kappa shape index (κ3) is 6.65. The molecule has 2 aromatic heterocycles. The van der Waals surface area contributed by atoms with Crippen LogP contribution in [0.25, 0.3) is 10.9 Å². The molecule has 3 N–H and O–H groups in total. The van der Waals surface area contributed by atoms with E-state index in [1.165, 1.54) is 11.8 Å². The Balaban J connectivity index is 1.67. The molecule has 0 fully saturated rings. The average Bonchev–Trinajstić information content (AvgIpc) is 2.78. The van der Waals surface area contributed by atoms with E-state index >= 15 is 0 Å². The summed E-state index contributed by atoms with van der Waals surface area (Å²) in [5.41, 5.74) is 6.43. The quantitative estimate of drug-likeness (QED) is 0.269. The number of unbranched alkanes of at least 4 members (excludes halogenated alkanes) is 2. The zero-order chi connectivity index (χ0) is 22.1. The highest BCUT2D eigenvalue weighted by atomic mass is 32.2. The first-order valence-corrected chi connectivity index (χ1v) is 11.1. The molecule has 9 heteroatoms. The van der Waals surface area contributed by atoms with Crippen molar-refractivity contribution >= 4 is 34.5 Å². The largest absolute Gasteiger partial charge is 0.370 e. The Morgan fingerprint density at radius 3 is 2.65 bits per heavy atom. The molecule has 3 rings (SSSR count). The minimum Gasteiger partial charge on any atom is -0.370 e. The minimum absolute atomic E-state index is 0.128. The summed E-state index contributed by atoms with van der Waals surface area (Å²) in [5, 5.41) is 3.88. The van der Waals surface area contributed by atoms with Gasteiger partial charge >= 0.3 is 0 Å². The van der Waals surface area contributed by atoms with E-state index in [1.807, 2.05) is 24.3 Å². The third-order valence-corrected chi connectivity index (χ3v) is 5.63. The van der Waals surface area contributed by atoms with E-state index in [0.29, 0.717) is 48.4 Å². The van der Waals surface area contributed by atoms with Gasteiger partial charge in [0, 0.05) is 19.2 Å². The van der Waals surface area contributed by atoms with Crippen LogP contribution in [0.2, 0.25) is 0 Å².